The van der Waals surface area contributed by atoms with Gasteiger partial charge < -0.3 is 14.8 Å². The van der Waals surface area contributed by atoms with E-state index in [0.717, 1.165) is 16.8 Å². The molecular weight excluding hydrogens is 410 g/mol. The summed E-state index contributed by atoms with van der Waals surface area (Å²) in [4.78, 5) is 12.1. The summed E-state index contributed by atoms with van der Waals surface area (Å²) in [7, 11) is 1.50. The van der Waals surface area contributed by atoms with E-state index in [9.17, 15) is 4.79 Å². The topological polar surface area (TPSA) is 71.9 Å². The molecule has 0 aliphatic rings. The van der Waals surface area contributed by atoms with E-state index in [0.29, 0.717) is 16.6 Å². The third-order valence-corrected chi connectivity index (χ3v) is 4.21. The lowest BCUT2D eigenvalue weighted by Crippen LogP contribution is -2.23. The number of nitrogens with one attached hydrogen (secondary N) is 2. The normalized spacial score (nSPS) is 10.7. The number of carbonyl (C=O) groups is 1. The molecule has 0 atom stereocenters. The highest BCUT2D eigenvalue weighted by molar-refractivity contribution is 7.80. The maximum Gasteiger partial charge on any atom is 0.336 e. The molecule has 0 aliphatic heterocycles. The van der Waals surface area contributed by atoms with Crippen molar-refractivity contribution in [1.29, 1.82) is 0 Å². The van der Waals surface area contributed by atoms with Crippen molar-refractivity contribution in [3.05, 3.63) is 96.1 Å². The largest absolute Gasteiger partial charge is 0.493 e. The molecule has 7 heteroatoms. The van der Waals surface area contributed by atoms with Crippen molar-refractivity contribution in [2.75, 3.05) is 12.4 Å². The van der Waals surface area contributed by atoms with E-state index in [1.807, 2.05) is 60.7 Å². The number of ether oxygens (including phenoxy) is 2. The summed E-state index contributed by atoms with van der Waals surface area (Å²) < 4.78 is 10.7. The van der Waals surface area contributed by atoms with E-state index in [2.05, 4.69) is 15.8 Å². The molecule has 6 nitrogen and oxygen atoms in total. The van der Waals surface area contributed by atoms with Gasteiger partial charge in [-0.25, -0.2) is 4.79 Å². The minimum Gasteiger partial charge on any atom is -0.493 e. The van der Waals surface area contributed by atoms with Gasteiger partial charge in [-0.15, -0.1) is 0 Å². The van der Waals surface area contributed by atoms with Crippen molar-refractivity contribution in [1.82, 2.24) is 5.43 Å². The number of carbonyl (C=O) groups excluding carboxylic acids is 1. The number of nitrogens with zero attached hydrogens (tertiary/aromatic N) is 1. The summed E-state index contributed by atoms with van der Waals surface area (Å²) in [6.07, 6.45) is 4.64. The minimum absolute atomic E-state index is 0.316. The molecule has 0 bridgehead atoms. The number of thiocarbonyl (C=S) groups is 1. The van der Waals surface area contributed by atoms with Crippen LogP contribution >= 0.6 is 12.2 Å². The van der Waals surface area contributed by atoms with Crippen LogP contribution in [0.3, 0.4) is 0 Å². The molecule has 0 saturated carbocycles. The fourth-order valence-electron chi connectivity index (χ4n) is 2.57. The van der Waals surface area contributed by atoms with Crippen LogP contribution < -0.4 is 20.2 Å². The zero-order valence-electron chi connectivity index (χ0n) is 16.8. The molecule has 0 aromatic heterocycles. The second-order valence-corrected chi connectivity index (χ2v) is 6.67. The molecule has 31 heavy (non-hydrogen) atoms. The van der Waals surface area contributed by atoms with Crippen molar-refractivity contribution in [2.45, 2.75) is 0 Å². The summed E-state index contributed by atoms with van der Waals surface area (Å²) >= 11 is 5.20. The van der Waals surface area contributed by atoms with Gasteiger partial charge in [0.15, 0.2) is 16.6 Å². The van der Waals surface area contributed by atoms with Gasteiger partial charge in [-0.3, -0.25) is 5.43 Å². The molecule has 156 valence electrons. The van der Waals surface area contributed by atoms with E-state index >= 15 is 0 Å². The highest BCUT2D eigenvalue weighted by atomic mass is 32.1. The summed E-state index contributed by atoms with van der Waals surface area (Å²) in [6, 6.07) is 24.2. The molecule has 0 heterocycles. The van der Waals surface area contributed by atoms with Crippen LogP contribution in [-0.2, 0) is 4.79 Å². The Morgan fingerprint density at radius 3 is 2.35 bits per heavy atom. The van der Waals surface area contributed by atoms with Crippen molar-refractivity contribution in [3.8, 4) is 11.5 Å². The van der Waals surface area contributed by atoms with Gasteiger partial charge in [0.1, 0.15) is 0 Å². The molecule has 2 N–H and O–H groups in total. The number of methoxy groups -OCH3 is 1. The standard InChI is InChI=1S/C24H21N3O3S/c1-29-22-16-19(17-25-27-24(31)26-20-10-6-3-7-11-20)12-14-21(22)30-23(28)15-13-18-8-4-2-5-9-18/h2-17H,1H3,(H2,26,27,31). The molecule has 0 unspecified atom stereocenters. The Kier molecular flexibility index (Phi) is 7.90. The van der Waals surface area contributed by atoms with Crippen molar-refractivity contribution in [3.63, 3.8) is 0 Å². The monoisotopic (exact) mass is 431 g/mol. The second-order valence-electron chi connectivity index (χ2n) is 6.27. The number of benzene rings is 3. The third kappa shape index (κ3) is 7.09. The number of anilines is 1. The number of rotatable bonds is 7. The fraction of sp³-hybridized carbons (Fsp3) is 0.0417. The highest BCUT2D eigenvalue weighted by Crippen LogP contribution is 2.27. The van der Waals surface area contributed by atoms with Crippen molar-refractivity contribution < 1.29 is 14.3 Å². The van der Waals surface area contributed by atoms with Crippen LogP contribution in [0.15, 0.2) is 90.0 Å². The zero-order valence-corrected chi connectivity index (χ0v) is 17.6. The van der Waals surface area contributed by atoms with Crippen LogP contribution in [0.1, 0.15) is 11.1 Å². The van der Waals surface area contributed by atoms with Gasteiger partial charge in [-0.2, -0.15) is 5.10 Å². The predicted octanol–water partition coefficient (Wildman–Crippen LogP) is 4.63. The zero-order chi connectivity index (χ0) is 21.9. The lowest BCUT2D eigenvalue weighted by atomic mass is 10.2. The number of hydrogen-bond acceptors (Lipinski definition) is 5. The third-order valence-electron chi connectivity index (χ3n) is 4.02. The number of para-hydroxylation sites is 1. The summed E-state index contributed by atoms with van der Waals surface area (Å²) in [5, 5.41) is 7.50. The van der Waals surface area contributed by atoms with E-state index in [4.69, 9.17) is 21.7 Å². The van der Waals surface area contributed by atoms with Gasteiger partial charge in [0.05, 0.1) is 13.3 Å². The lowest BCUT2D eigenvalue weighted by Gasteiger charge is -2.09. The Hall–Kier alpha value is -3.97. The number of hydrogen-bond donors (Lipinski definition) is 2. The molecule has 0 aliphatic carbocycles. The Labute approximate surface area is 186 Å². The van der Waals surface area contributed by atoms with Gasteiger partial charge >= 0.3 is 5.97 Å². The molecule has 3 aromatic carbocycles. The summed E-state index contributed by atoms with van der Waals surface area (Å²) in [5.74, 6) is 0.231. The fourth-order valence-corrected chi connectivity index (χ4v) is 2.74. The minimum atomic E-state index is -0.498. The second kappa shape index (κ2) is 11.3. The van der Waals surface area contributed by atoms with Gasteiger partial charge in [-0.1, -0.05) is 48.5 Å². The van der Waals surface area contributed by atoms with Gasteiger partial charge in [0.25, 0.3) is 0 Å². The molecule has 0 amide bonds. The first-order chi connectivity index (χ1) is 15.1. The average molecular weight is 432 g/mol. The van der Waals surface area contributed by atoms with Crippen molar-refractivity contribution >= 4 is 41.3 Å². The number of esters is 1. The van der Waals surface area contributed by atoms with E-state index < -0.39 is 5.97 Å². The molecule has 3 aromatic rings. The quantitative estimate of drug-likeness (QED) is 0.142. The maximum absolute atomic E-state index is 12.1. The van der Waals surface area contributed by atoms with Crippen molar-refractivity contribution in [2.24, 2.45) is 5.10 Å². The van der Waals surface area contributed by atoms with Crippen LogP contribution in [0.25, 0.3) is 6.08 Å². The van der Waals surface area contributed by atoms with Crippen LogP contribution in [0.5, 0.6) is 11.5 Å². The van der Waals surface area contributed by atoms with Crippen LogP contribution in [-0.4, -0.2) is 24.4 Å². The van der Waals surface area contributed by atoms with E-state index in [1.165, 1.54) is 13.2 Å². The molecule has 3 rings (SSSR count). The van der Waals surface area contributed by atoms with E-state index in [-0.39, 0.29) is 0 Å². The first-order valence-electron chi connectivity index (χ1n) is 9.42. The molecule has 0 spiro atoms. The maximum atomic E-state index is 12.1. The van der Waals surface area contributed by atoms with Crippen LogP contribution in [0.4, 0.5) is 5.69 Å². The van der Waals surface area contributed by atoms with E-state index in [1.54, 1.807) is 30.5 Å². The van der Waals surface area contributed by atoms with Gasteiger partial charge in [0, 0.05) is 11.8 Å². The van der Waals surface area contributed by atoms with Crippen LogP contribution in [0, 0.1) is 0 Å². The Morgan fingerprint density at radius 2 is 1.65 bits per heavy atom. The predicted molar refractivity (Wildman–Crippen MR) is 127 cm³/mol. The summed E-state index contributed by atoms with van der Waals surface area (Å²) in [5.41, 5.74) is 5.27. The Bertz CT molecular complexity index is 1080. The molecule has 0 fully saturated rings. The molecular formula is C24H21N3O3S. The van der Waals surface area contributed by atoms with Gasteiger partial charge in [0.2, 0.25) is 0 Å². The number of hydrazone groups is 1. The molecule has 0 radical (unpaired) electrons. The summed E-state index contributed by atoms with van der Waals surface area (Å²) in [6.45, 7) is 0. The Balaban J connectivity index is 1.57. The smallest absolute Gasteiger partial charge is 0.336 e. The molecule has 0 saturated heterocycles. The first kappa shape index (κ1) is 21.7. The highest BCUT2D eigenvalue weighted by Gasteiger charge is 2.08. The average Bonchev–Trinajstić information content (AvgIpc) is 2.80. The first-order valence-corrected chi connectivity index (χ1v) is 9.83. The van der Waals surface area contributed by atoms with Gasteiger partial charge in [-0.05, 0) is 59.8 Å². The lowest BCUT2D eigenvalue weighted by molar-refractivity contribution is -0.129. The SMILES string of the molecule is COc1cc(C=NNC(=S)Nc2ccccc2)ccc1OC(=O)C=Cc1ccccc1. The Morgan fingerprint density at radius 1 is 0.935 bits per heavy atom. The van der Waals surface area contributed by atoms with Crippen LogP contribution in [0.2, 0.25) is 0 Å².